The van der Waals surface area contributed by atoms with Gasteiger partial charge in [-0.2, -0.15) is 0 Å². The summed E-state index contributed by atoms with van der Waals surface area (Å²) in [6.45, 7) is 1.25. The van der Waals surface area contributed by atoms with Crippen molar-refractivity contribution < 1.29 is 25.5 Å². The summed E-state index contributed by atoms with van der Waals surface area (Å²) in [4.78, 5) is 0. The third-order valence-corrected chi connectivity index (χ3v) is 1.25. The molecule has 0 saturated heterocycles. The normalized spacial score (nSPS) is 20.9. The van der Waals surface area contributed by atoms with Crippen molar-refractivity contribution in [3.05, 3.63) is 12.0 Å². The molecule has 5 heteroatoms. The first-order valence-corrected chi connectivity index (χ1v) is 3.08. The van der Waals surface area contributed by atoms with E-state index in [1.54, 1.807) is 0 Å². The largest absolute Gasteiger partial charge is 0.512 e. The molecule has 0 heterocycles. The van der Waals surface area contributed by atoms with Gasteiger partial charge in [-0.25, -0.2) is 0 Å². The maximum absolute atomic E-state index is 8.88. The van der Waals surface area contributed by atoms with Crippen LogP contribution in [0.25, 0.3) is 0 Å². The number of aliphatic hydroxyl groups excluding tert-OH is 5. The van der Waals surface area contributed by atoms with E-state index in [1.807, 2.05) is 0 Å². The van der Waals surface area contributed by atoms with Gasteiger partial charge in [0.1, 0.15) is 18.5 Å². The van der Waals surface area contributed by atoms with Gasteiger partial charge in [0, 0.05) is 0 Å². The summed E-state index contributed by atoms with van der Waals surface area (Å²) in [6.07, 6.45) is -4.07. The quantitative estimate of drug-likeness (QED) is 0.346. The highest BCUT2D eigenvalue weighted by Gasteiger charge is 2.24. The van der Waals surface area contributed by atoms with Gasteiger partial charge in [-0.3, -0.25) is 0 Å². The first-order chi connectivity index (χ1) is 5.00. The van der Waals surface area contributed by atoms with Crippen molar-refractivity contribution >= 4 is 0 Å². The van der Waals surface area contributed by atoms with E-state index in [9.17, 15) is 0 Å². The molecule has 0 aromatic carbocycles. The van der Waals surface area contributed by atoms with Gasteiger partial charge in [-0.15, -0.1) is 0 Å². The average molecular weight is 164 g/mol. The third-order valence-electron chi connectivity index (χ3n) is 1.25. The number of hydrogen-bond acceptors (Lipinski definition) is 5. The average Bonchev–Trinajstić information content (AvgIpc) is 2.00. The van der Waals surface area contributed by atoms with Gasteiger partial charge in [0.15, 0.2) is 5.76 Å². The van der Waals surface area contributed by atoms with E-state index in [-0.39, 0.29) is 6.26 Å². The zero-order valence-corrected chi connectivity index (χ0v) is 6.05. The van der Waals surface area contributed by atoms with Gasteiger partial charge >= 0.3 is 0 Å². The molecule has 0 bridgehead atoms. The SMILES string of the molecule is C[C@H](O)[C@@H](O)[C@@H](O)/C(O)=C\O. The highest BCUT2D eigenvalue weighted by molar-refractivity contribution is 4.97. The van der Waals surface area contributed by atoms with E-state index in [4.69, 9.17) is 25.5 Å². The Kier molecular flexibility index (Phi) is 3.88. The molecule has 11 heavy (non-hydrogen) atoms. The van der Waals surface area contributed by atoms with Gasteiger partial charge in [0.2, 0.25) is 0 Å². The van der Waals surface area contributed by atoms with Gasteiger partial charge in [-0.05, 0) is 6.92 Å². The maximum Gasteiger partial charge on any atom is 0.158 e. The molecule has 0 rings (SSSR count). The smallest absolute Gasteiger partial charge is 0.158 e. The second-order valence-corrected chi connectivity index (χ2v) is 2.23. The summed E-state index contributed by atoms with van der Waals surface area (Å²) in [5.74, 6) is -0.779. The summed E-state index contributed by atoms with van der Waals surface area (Å²) in [7, 11) is 0. The Bertz CT molecular complexity index is 142. The Morgan fingerprint density at radius 1 is 1.27 bits per heavy atom. The molecule has 0 amide bonds. The standard InChI is InChI=1S/C6H12O5/c1-3(8)5(10)6(11)4(9)2-7/h2-3,5-11H,1H3/b4-2+/t3-,5+,6-/m0/s1. The highest BCUT2D eigenvalue weighted by atomic mass is 16.4. The van der Waals surface area contributed by atoms with Crippen LogP contribution in [0.5, 0.6) is 0 Å². The van der Waals surface area contributed by atoms with Crippen molar-refractivity contribution in [1.82, 2.24) is 0 Å². The van der Waals surface area contributed by atoms with E-state index in [0.29, 0.717) is 0 Å². The molecule has 5 N–H and O–H groups in total. The van der Waals surface area contributed by atoms with Crippen LogP contribution >= 0.6 is 0 Å². The molecule has 5 nitrogen and oxygen atoms in total. The minimum Gasteiger partial charge on any atom is -0.512 e. The van der Waals surface area contributed by atoms with Crippen molar-refractivity contribution in [2.45, 2.75) is 25.2 Å². The van der Waals surface area contributed by atoms with Crippen LogP contribution in [0.2, 0.25) is 0 Å². The summed E-state index contributed by atoms with van der Waals surface area (Å²) in [5, 5.41) is 43.3. The molecule has 66 valence electrons. The van der Waals surface area contributed by atoms with Crippen LogP contribution in [0.15, 0.2) is 12.0 Å². The topological polar surface area (TPSA) is 101 Å². The van der Waals surface area contributed by atoms with Crippen molar-refractivity contribution in [2.24, 2.45) is 0 Å². The van der Waals surface area contributed by atoms with Crippen LogP contribution in [0.1, 0.15) is 6.92 Å². The Morgan fingerprint density at radius 3 is 2.00 bits per heavy atom. The Morgan fingerprint density at radius 2 is 1.73 bits per heavy atom. The molecule has 0 aliphatic heterocycles. The first-order valence-electron chi connectivity index (χ1n) is 3.08. The maximum atomic E-state index is 8.88. The zero-order valence-electron chi connectivity index (χ0n) is 6.05. The third kappa shape index (κ3) is 2.75. The molecule has 0 aliphatic carbocycles. The summed E-state index contributed by atoms with van der Waals surface area (Å²) >= 11 is 0. The van der Waals surface area contributed by atoms with Crippen molar-refractivity contribution in [3.8, 4) is 0 Å². The second-order valence-electron chi connectivity index (χ2n) is 2.23. The molecule has 0 fully saturated rings. The van der Waals surface area contributed by atoms with Crippen LogP contribution in [-0.4, -0.2) is 43.8 Å². The second kappa shape index (κ2) is 4.17. The van der Waals surface area contributed by atoms with Gasteiger partial charge in [-0.1, -0.05) is 0 Å². The molecule has 0 spiro atoms. The predicted octanol–water partition coefficient (Wildman–Crippen LogP) is -0.954. The lowest BCUT2D eigenvalue weighted by Crippen LogP contribution is -2.36. The Labute approximate surface area is 63.8 Å². The fourth-order valence-electron chi connectivity index (χ4n) is 0.515. The van der Waals surface area contributed by atoms with E-state index in [0.717, 1.165) is 0 Å². The van der Waals surface area contributed by atoms with Crippen molar-refractivity contribution in [3.63, 3.8) is 0 Å². The first kappa shape index (κ1) is 10.2. The van der Waals surface area contributed by atoms with Crippen molar-refractivity contribution in [2.75, 3.05) is 0 Å². The molecule has 0 aromatic rings. The van der Waals surface area contributed by atoms with Crippen LogP contribution in [0.4, 0.5) is 0 Å². The van der Waals surface area contributed by atoms with Crippen LogP contribution in [-0.2, 0) is 0 Å². The lowest BCUT2D eigenvalue weighted by Gasteiger charge is -2.18. The van der Waals surface area contributed by atoms with Gasteiger partial charge in [0.25, 0.3) is 0 Å². The Balaban J connectivity index is 4.13. The van der Waals surface area contributed by atoms with E-state index >= 15 is 0 Å². The van der Waals surface area contributed by atoms with Gasteiger partial charge < -0.3 is 25.5 Å². The molecular weight excluding hydrogens is 152 g/mol. The van der Waals surface area contributed by atoms with Crippen LogP contribution in [0, 0.1) is 0 Å². The zero-order chi connectivity index (χ0) is 9.02. The minimum absolute atomic E-state index is 0.260. The molecule has 0 aromatic heterocycles. The van der Waals surface area contributed by atoms with Crippen molar-refractivity contribution in [1.29, 1.82) is 0 Å². The monoisotopic (exact) mass is 164 g/mol. The summed E-state index contributed by atoms with van der Waals surface area (Å²) in [6, 6.07) is 0. The van der Waals surface area contributed by atoms with E-state index in [1.165, 1.54) is 6.92 Å². The molecule has 0 aliphatic rings. The lowest BCUT2D eigenvalue weighted by molar-refractivity contribution is -0.0511. The number of aliphatic hydroxyl groups is 5. The fourth-order valence-corrected chi connectivity index (χ4v) is 0.515. The summed E-state index contributed by atoms with van der Waals surface area (Å²) < 4.78 is 0. The number of hydrogen-bond donors (Lipinski definition) is 5. The van der Waals surface area contributed by atoms with Gasteiger partial charge in [0.05, 0.1) is 6.10 Å². The molecule has 0 unspecified atom stereocenters. The Hall–Kier alpha value is -0.780. The predicted molar refractivity (Wildman–Crippen MR) is 37.0 cm³/mol. The van der Waals surface area contributed by atoms with E-state index < -0.39 is 24.1 Å². The minimum atomic E-state index is -1.65. The van der Waals surface area contributed by atoms with E-state index in [2.05, 4.69) is 0 Å². The highest BCUT2D eigenvalue weighted by Crippen LogP contribution is 2.06. The molecule has 0 saturated carbocycles. The van der Waals surface area contributed by atoms with Crippen LogP contribution in [0.3, 0.4) is 0 Å². The summed E-state index contributed by atoms with van der Waals surface area (Å²) in [5.41, 5.74) is 0. The fraction of sp³-hybridized carbons (Fsp3) is 0.667. The molecule has 3 atom stereocenters. The van der Waals surface area contributed by atoms with Crippen LogP contribution < -0.4 is 0 Å². The number of rotatable bonds is 3. The lowest BCUT2D eigenvalue weighted by atomic mass is 10.1. The molecule has 0 radical (unpaired) electrons. The molecular formula is C6H12O5.